The number of aromatic nitrogens is 4. The Balaban J connectivity index is 1.38. The summed E-state index contributed by atoms with van der Waals surface area (Å²) in [5.41, 5.74) is 2.23. The standard InChI is InChI=1S/C21H20FN7O/c22-16-8-4-5-9-17(16)23-20-21(25-19-18(24-20)26-30-27-19)29-12-10-28(11-13-29)14-15-6-2-1-3-7-15/h1-9H,10-14H2,(H,23,24,26). The van der Waals surface area contributed by atoms with Gasteiger partial charge < -0.3 is 10.2 Å². The zero-order valence-corrected chi connectivity index (χ0v) is 16.2. The van der Waals surface area contributed by atoms with Gasteiger partial charge in [-0.3, -0.25) is 4.90 Å². The first kappa shape index (κ1) is 18.4. The number of nitrogens with one attached hydrogen (secondary N) is 1. The normalized spacial score (nSPS) is 14.9. The van der Waals surface area contributed by atoms with E-state index in [1.54, 1.807) is 18.2 Å². The highest BCUT2D eigenvalue weighted by atomic mass is 19.1. The molecule has 2 aromatic carbocycles. The van der Waals surface area contributed by atoms with E-state index in [2.05, 4.69) is 59.7 Å². The fourth-order valence-electron chi connectivity index (χ4n) is 3.58. The Labute approximate surface area is 172 Å². The van der Waals surface area contributed by atoms with Crippen LogP contribution in [0, 0.1) is 5.82 Å². The Morgan fingerprint density at radius 3 is 2.33 bits per heavy atom. The van der Waals surface area contributed by atoms with Crippen LogP contribution >= 0.6 is 0 Å². The number of benzene rings is 2. The Bertz CT molecular complexity index is 1140. The van der Waals surface area contributed by atoms with Crippen LogP contribution in [0.1, 0.15) is 5.56 Å². The average Bonchev–Trinajstić information content (AvgIpc) is 3.24. The van der Waals surface area contributed by atoms with Gasteiger partial charge in [0.2, 0.25) is 11.3 Å². The molecular formula is C21H20FN7O. The van der Waals surface area contributed by atoms with Crippen LogP contribution in [0.2, 0.25) is 0 Å². The maximum absolute atomic E-state index is 14.2. The van der Waals surface area contributed by atoms with Crippen molar-refractivity contribution < 1.29 is 9.02 Å². The first-order valence-corrected chi connectivity index (χ1v) is 9.79. The van der Waals surface area contributed by atoms with E-state index >= 15 is 0 Å². The van der Waals surface area contributed by atoms with Crippen LogP contribution in [0.3, 0.4) is 0 Å². The second-order valence-corrected chi connectivity index (χ2v) is 7.16. The number of nitrogens with zero attached hydrogens (tertiary/aromatic N) is 6. The number of hydrogen-bond donors (Lipinski definition) is 1. The molecule has 3 heterocycles. The molecule has 0 spiro atoms. The van der Waals surface area contributed by atoms with Crippen molar-refractivity contribution in [3.63, 3.8) is 0 Å². The summed E-state index contributed by atoms with van der Waals surface area (Å²) in [6.45, 7) is 4.21. The second kappa shape index (κ2) is 8.03. The lowest BCUT2D eigenvalue weighted by atomic mass is 10.2. The Morgan fingerprint density at radius 1 is 0.867 bits per heavy atom. The first-order valence-electron chi connectivity index (χ1n) is 9.79. The topological polar surface area (TPSA) is 83.2 Å². The maximum atomic E-state index is 14.2. The van der Waals surface area contributed by atoms with Crippen molar-refractivity contribution in [2.24, 2.45) is 0 Å². The minimum atomic E-state index is -0.365. The maximum Gasteiger partial charge on any atom is 0.245 e. The summed E-state index contributed by atoms with van der Waals surface area (Å²) in [6, 6.07) is 16.9. The van der Waals surface area contributed by atoms with E-state index in [4.69, 9.17) is 4.63 Å². The third-order valence-electron chi connectivity index (χ3n) is 5.14. The number of halogens is 1. The minimum Gasteiger partial charge on any atom is -0.351 e. The number of piperazine rings is 1. The van der Waals surface area contributed by atoms with Crippen LogP contribution < -0.4 is 10.2 Å². The fraction of sp³-hybridized carbons (Fsp3) is 0.238. The van der Waals surface area contributed by atoms with Crippen molar-refractivity contribution in [1.82, 2.24) is 25.2 Å². The van der Waals surface area contributed by atoms with Gasteiger partial charge >= 0.3 is 0 Å². The molecule has 1 saturated heterocycles. The molecule has 2 aromatic heterocycles. The van der Waals surface area contributed by atoms with Gasteiger partial charge in [0.1, 0.15) is 5.82 Å². The van der Waals surface area contributed by atoms with E-state index in [0.29, 0.717) is 23.0 Å². The molecule has 0 saturated carbocycles. The molecule has 0 amide bonds. The van der Waals surface area contributed by atoms with Crippen LogP contribution in [0.5, 0.6) is 0 Å². The van der Waals surface area contributed by atoms with Crippen molar-refractivity contribution >= 4 is 28.6 Å². The molecule has 0 bridgehead atoms. The molecule has 1 N–H and O–H groups in total. The summed E-state index contributed by atoms with van der Waals surface area (Å²) >= 11 is 0. The number of anilines is 3. The summed E-state index contributed by atoms with van der Waals surface area (Å²) in [6.07, 6.45) is 0. The van der Waals surface area contributed by atoms with Crippen molar-refractivity contribution in [1.29, 1.82) is 0 Å². The van der Waals surface area contributed by atoms with Gasteiger partial charge in [-0.15, -0.1) is 0 Å². The van der Waals surface area contributed by atoms with E-state index in [0.717, 1.165) is 32.7 Å². The van der Waals surface area contributed by atoms with E-state index in [-0.39, 0.29) is 11.5 Å². The molecule has 0 unspecified atom stereocenters. The van der Waals surface area contributed by atoms with Crippen LogP contribution in [0.25, 0.3) is 11.3 Å². The first-order chi connectivity index (χ1) is 14.8. The largest absolute Gasteiger partial charge is 0.351 e. The number of para-hydroxylation sites is 1. The molecule has 8 nitrogen and oxygen atoms in total. The molecule has 0 aliphatic carbocycles. The van der Waals surface area contributed by atoms with Crippen molar-refractivity contribution in [2.45, 2.75) is 6.54 Å². The summed E-state index contributed by atoms with van der Waals surface area (Å²) in [4.78, 5) is 13.6. The molecule has 9 heteroatoms. The summed E-state index contributed by atoms with van der Waals surface area (Å²) in [5.74, 6) is 0.678. The third-order valence-corrected chi connectivity index (χ3v) is 5.14. The van der Waals surface area contributed by atoms with Gasteiger partial charge in [-0.05, 0) is 28.0 Å². The lowest BCUT2D eigenvalue weighted by Gasteiger charge is -2.35. The molecule has 5 rings (SSSR count). The predicted octanol–water partition coefficient (Wildman–Crippen LogP) is 3.22. The van der Waals surface area contributed by atoms with Crippen LogP contribution in [-0.4, -0.2) is 51.4 Å². The zero-order chi connectivity index (χ0) is 20.3. The van der Waals surface area contributed by atoms with E-state index in [1.165, 1.54) is 11.6 Å². The molecule has 1 aliphatic rings. The Kier molecular flexibility index (Phi) is 4.94. The smallest absolute Gasteiger partial charge is 0.245 e. The van der Waals surface area contributed by atoms with Crippen molar-refractivity contribution in [3.8, 4) is 0 Å². The van der Waals surface area contributed by atoms with Crippen LogP contribution in [-0.2, 0) is 6.54 Å². The lowest BCUT2D eigenvalue weighted by molar-refractivity contribution is 0.249. The molecule has 1 fully saturated rings. The molecule has 152 valence electrons. The molecule has 0 atom stereocenters. The van der Waals surface area contributed by atoms with E-state index in [9.17, 15) is 4.39 Å². The molecule has 1 aliphatic heterocycles. The molecular weight excluding hydrogens is 385 g/mol. The van der Waals surface area contributed by atoms with E-state index in [1.807, 2.05) is 6.07 Å². The predicted molar refractivity (Wildman–Crippen MR) is 111 cm³/mol. The second-order valence-electron chi connectivity index (χ2n) is 7.16. The van der Waals surface area contributed by atoms with Gasteiger partial charge in [0.05, 0.1) is 5.69 Å². The van der Waals surface area contributed by atoms with Gasteiger partial charge in [-0.25, -0.2) is 19.0 Å². The van der Waals surface area contributed by atoms with Gasteiger partial charge in [0.25, 0.3) is 0 Å². The zero-order valence-electron chi connectivity index (χ0n) is 16.2. The van der Waals surface area contributed by atoms with Crippen molar-refractivity contribution in [3.05, 3.63) is 66.0 Å². The fourth-order valence-corrected chi connectivity index (χ4v) is 3.58. The minimum absolute atomic E-state index is 0.278. The number of rotatable bonds is 5. The highest BCUT2D eigenvalue weighted by Crippen LogP contribution is 2.29. The Hall–Kier alpha value is -3.59. The quantitative estimate of drug-likeness (QED) is 0.542. The number of fused-ring (bicyclic) bond motifs is 1. The Morgan fingerprint density at radius 2 is 1.57 bits per heavy atom. The van der Waals surface area contributed by atoms with Crippen LogP contribution in [0.4, 0.5) is 21.7 Å². The average molecular weight is 405 g/mol. The van der Waals surface area contributed by atoms with Crippen molar-refractivity contribution in [2.75, 3.05) is 36.4 Å². The molecule has 0 radical (unpaired) electrons. The third kappa shape index (κ3) is 3.79. The van der Waals surface area contributed by atoms with Gasteiger partial charge in [-0.2, -0.15) is 0 Å². The molecule has 4 aromatic rings. The van der Waals surface area contributed by atoms with Gasteiger partial charge in [-0.1, -0.05) is 42.5 Å². The summed E-state index contributed by atoms with van der Waals surface area (Å²) in [7, 11) is 0. The lowest BCUT2D eigenvalue weighted by Crippen LogP contribution is -2.46. The van der Waals surface area contributed by atoms with E-state index < -0.39 is 0 Å². The summed E-state index contributed by atoms with van der Waals surface area (Å²) in [5, 5.41) is 10.6. The van der Waals surface area contributed by atoms with Gasteiger partial charge in [0, 0.05) is 32.7 Å². The van der Waals surface area contributed by atoms with Gasteiger partial charge in [0.15, 0.2) is 11.6 Å². The molecule has 30 heavy (non-hydrogen) atoms. The SMILES string of the molecule is Fc1ccccc1Nc1nc2nonc2nc1N1CCN(Cc2ccccc2)CC1. The highest BCUT2D eigenvalue weighted by molar-refractivity contribution is 5.77. The number of hydrogen-bond acceptors (Lipinski definition) is 8. The highest BCUT2D eigenvalue weighted by Gasteiger charge is 2.23. The van der Waals surface area contributed by atoms with Crippen LogP contribution in [0.15, 0.2) is 59.2 Å². The summed E-state index contributed by atoms with van der Waals surface area (Å²) < 4.78 is 18.9. The monoisotopic (exact) mass is 405 g/mol.